The minimum absolute atomic E-state index is 0.179. The maximum absolute atomic E-state index is 12.3. The van der Waals surface area contributed by atoms with Gasteiger partial charge in [-0.05, 0) is 43.3 Å². The number of ether oxygens (including phenoxy) is 2. The summed E-state index contributed by atoms with van der Waals surface area (Å²) in [5.74, 6) is 1.33. The van der Waals surface area contributed by atoms with E-state index in [1.54, 1.807) is 30.3 Å². The van der Waals surface area contributed by atoms with Crippen LogP contribution in [0.25, 0.3) is 11.3 Å². The Morgan fingerprint density at radius 1 is 1.15 bits per heavy atom. The van der Waals surface area contributed by atoms with Crippen LogP contribution in [0.2, 0.25) is 0 Å². The number of nitrogens with zero attached hydrogens (tertiary/aromatic N) is 3. The van der Waals surface area contributed by atoms with Crippen LogP contribution in [0.4, 0.5) is 5.82 Å². The lowest BCUT2D eigenvalue weighted by atomic mass is 10.1. The monoisotopic (exact) mass is 364 g/mol. The number of amides is 1. The molecule has 4 rings (SSSR count). The van der Waals surface area contributed by atoms with Gasteiger partial charge in [0.05, 0.1) is 5.69 Å². The lowest BCUT2D eigenvalue weighted by molar-refractivity contribution is -0.117. The standard InChI is InChI=1S/C19H16N4O4/c1-12-3-2-4-17(20-12)21-18(24)10-23-19(25)8-6-14(22-23)13-5-7-15-16(9-13)27-11-26-15/h2-9H,10-11H2,1H3,(H,20,21,24). The van der Waals surface area contributed by atoms with Gasteiger partial charge in [0.1, 0.15) is 12.4 Å². The second-order valence-electron chi connectivity index (χ2n) is 5.99. The van der Waals surface area contributed by atoms with E-state index < -0.39 is 0 Å². The van der Waals surface area contributed by atoms with Crippen molar-refractivity contribution in [3.8, 4) is 22.8 Å². The summed E-state index contributed by atoms with van der Waals surface area (Å²) in [5, 5.41) is 6.96. The van der Waals surface area contributed by atoms with E-state index in [1.807, 2.05) is 19.1 Å². The molecular formula is C19H16N4O4. The smallest absolute Gasteiger partial charge is 0.267 e. The van der Waals surface area contributed by atoms with Crippen molar-refractivity contribution >= 4 is 11.7 Å². The van der Waals surface area contributed by atoms with E-state index in [2.05, 4.69) is 15.4 Å². The Hall–Kier alpha value is -3.68. The molecule has 3 heterocycles. The highest BCUT2D eigenvalue weighted by Crippen LogP contribution is 2.35. The molecule has 0 fully saturated rings. The fourth-order valence-electron chi connectivity index (χ4n) is 2.70. The SMILES string of the molecule is Cc1cccc(NC(=O)Cn2nc(-c3ccc4c(c3)OCO4)ccc2=O)n1. The van der Waals surface area contributed by atoms with Crippen LogP contribution < -0.4 is 20.3 Å². The lowest BCUT2D eigenvalue weighted by Gasteiger charge is -2.08. The highest BCUT2D eigenvalue weighted by atomic mass is 16.7. The number of pyridine rings is 1. The number of benzene rings is 1. The number of rotatable bonds is 4. The maximum Gasteiger partial charge on any atom is 0.267 e. The van der Waals surface area contributed by atoms with Crippen LogP contribution in [0.15, 0.2) is 53.3 Å². The molecule has 2 aromatic heterocycles. The number of anilines is 1. The van der Waals surface area contributed by atoms with Crippen molar-refractivity contribution in [2.45, 2.75) is 13.5 Å². The molecule has 1 amide bonds. The molecule has 1 aliphatic heterocycles. The van der Waals surface area contributed by atoms with E-state index in [0.717, 1.165) is 15.9 Å². The zero-order valence-electron chi connectivity index (χ0n) is 14.5. The Kier molecular flexibility index (Phi) is 4.29. The fraction of sp³-hybridized carbons (Fsp3) is 0.158. The molecule has 1 aliphatic rings. The maximum atomic E-state index is 12.3. The minimum Gasteiger partial charge on any atom is -0.454 e. The number of fused-ring (bicyclic) bond motifs is 1. The zero-order valence-corrected chi connectivity index (χ0v) is 14.5. The molecule has 136 valence electrons. The quantitative estimate of drug-likeness (QED) is 0.761. The van der Waals surface area contributed by atoms with Crippen LogP contribution in [0.3, 0.4) is 0 Å². The van der Waals surface area contributed by atoms with Gasteiger partial charge in [-0.3, -0.25) is 9.59 Å². The van der Waals surface area contributed by atoms with Gasteiger partial charge in [0.15, 0.2) is 11.5 Å². The number of nitrogens with one attached hydrogen (secondary N) is 1. The minimum atomic E-state index is -0.384. The van der Waals surface area contributed by atoms with Crippen molar-refractivity contribution in [1.82, 2.24) is 14.8 Å². The number of carbonyl (C=O) groups is 1. The molecule has 27 heavy (non-hydrogen) atoms. The van der Waals surface area contributed by atoms with Crippen molar-refractivity contribution in [1.29, 1.82) is 0 Å². The first-order valence-electron chi connectivity index (χ1n) is 8.30. The van der Waals surface area contributed by atoms with Crippen molar-refractivity contribution in [3.63, 3.8) is 0 Å². The van der Waals surface area contributed by atoms with Gasteiger partial charge >= 0.3 is 0 Å². The summed E-state index contributed by atoms with van der Waals surface area (Å²) in [5.41, 5.74) is 1.72. The van der Waals surface area contributed by atoms with Gasteiger partial charge in [0.2, 0.25) is 12.7 Å². The van der Waals surface area contributed by atoms with Crippen LogP contribution >= 0.6 is 0 Å². The van der Waals surface area contributed by atoms with Gasteiger partial charge in [-0.2, -0.15) is 5.10 Å². The molecule has 8 nitrogen and oxygen atoms in total. The lowest BCUT2D eigenvalue weighted by Crippen LogP contribution is -2.29. The van der Waals surface area contributed by atoms with E-state index in [9.17, 15) is 9.59 Å². The number of hydrogen-bond donors (Lipinski definition) is 1. The van der Waals surface area contributed by atoms with Gasteiger partial charge in [-0.25, -0.2) is 9.67 Å². The highest BCUT2D eigenvalue weighted by Gasteiger charge is 2.15. The van der Waals surface area contributed by atoms with E-state index in [1.165, 1.54) is 6.07 Å². The van der Waals surface area contributed by atoms with E-state index >= 15 is 0 Å². The molecule has 0 aliphatic carbocycles. The van der Waals surface area contributed by atoms with Crippen LogP contribution in [0, 0.1) is 6.92 Å². The van der Waals surface area contributed by atoms with E-state index in [4.69, 9.17) is 9.47 Å². The number of aryl methyl sites for hydroxylation is 1. The number of carbonyl (C=O) groups excluding carboxylic acids is 1. The number of hydrogen-bond acceptors (Lipinski definition) is 6. The Morgan fingerprint density at radius 2 is 2.00 bits per heavy atom. The third-order valence-corrected chi connectivity index (χ3v) is 3.98. The topological polar surface area (TPSA) is 95.3 Å². The zero-order chi connectivity index (χ0) is 18.8. The molecule has 3 aromatic rings. The summed E-state index contributed by atoms with van der Waals surface area (Å²) in [6.45, 7) is 1.79. The van der Waals surface area contributed by atoms with Crippen LogP contribution in [-0.2, 0) is 11.3 Å². The molecule has 0 unspecified atom stereocenters. The number of aromatic nitrogens is 3. The molecule has 0 radical (unpaired) electrons. The summed E-state index contributed by atoms with van der Waals surface area (Å²) in [7, 11) is 0. The van der Waals surface area contributed by atoms with Crippen LogP contribution in [0.5, 0.6) is 11.5 Å². The summed E-state index contributed by atoms with van der Waals surface area (Å²) in [6, 6.07) is 13.7. The van der Waals surface area contributed by atoms with Gasteiger partial charge in [-0.1, -0.05) is 6.07 Å². The second kappa shape index (κ2) is 6.91. The first-order chi connectivity index (χ1) is 13.1. The predicted octanol–water partition coefficient (Wildman–Crippen LogP) is 1.98. The van der Waals surface area contributed by atoms with Crippen molar-refractivity contribution in [3.05, 3.63) is 64.6 Å². The molecule has 0 spiro atoms. The van der Waals surface area contributed by atoms with Crippen LogP contribution in [0.1, 0.15) is 5.69 Å². The summed E-state index contributed by atoms with van der Waals surface area (Å²) in [4.78, 5) is 28.6. The normalized spacial score (nSPS) is 12.0. The second-order valence-corrected chi connectivity index (χ2v) is 5.99. The third-order valence-electron chi connectivity index (χ3n) is 3.98. The summed E-state index contributed by atoms with van der Waals surface area (Å²) < 4.78 is 11.8. The first kappa shape index (κ1) is 16.8. The average Bonchev–Trinajstić information content (AvgIpc) is 3.11. The van der Waals surface area contributed by atoms with Gasteiger partial charge in [-0.15, -0.1) is 0 Å². The van der Waals surface area contributed by atoms with E-state index in [-0.39, 0.29) is 24.8 Å². The average molecular weight is 364 g/mol. The molecule has 1 N–H and O–H groups in total. The Labute approximate surface area is 154 Å². The van der Waals surface area contributed by atoms with Crippen LogP contribution in [-0.4, -0.2) is 27.5 Å². The molecule has 0 saturated heterocycles. The van der Waals surface area contributed by atoms with Crippen molar-refractivity contribution in [2.24, 2.45) is 0 Å². The third kappa shape index (κ3) is 3.64. The summed E-state index contributed by atoms with van der Waals surface area (Å²) in [6.07, 6.45) is 0. The van der Waals surface area contributed by atoms with Gasteiger partial charge < -0.3 is 14.8 Å². The highest BCUT2D eigenvalue weighted by molar-refractivity contribution is 5.89. The predicted molar refractivity (Wildman–Crippen MR) is 97.7 cm³/mol. The van der Waals surface area contributed by atoms with Gasteiger partial charge in [0.25, 0.3) is 5.56 Å². The largest absolute Gasteiger partial charge is 0.454 e. The molecule has 8 heteroatoms. The molecule has 0 atom stereocenters. The molecule has 0 saturated carbocycles. The Bertz CT molecular complexity index is 1080. The molecule has 0 bridgehead atoms. The Morgan fingerprint density at radius 3 is 2.85 bits per heavy atom. The molecule has 1 aromatic carbocycles. The Balaban J connectivity index is 1.55. The fourth-order valence-corrected chi connectivity index (χ4v) is 2.70. The first-order valence-corrected chi connectivity index (χ1v) is 8.30. The van der Waals surface area contributed by atoms with Crippen molar-refractivity contribution in [2.75, 3.05) is 12.1 Å². The van der Waals surface area contributed by atoms with Crippen molar-refractivity contribution < 1.29 is 14.3 Å². The van der Waals surface area contributed by atoms with E-state index in [0.29, 0.717) is 23.0 Å². The van der Waals surface area contributed by atoms with Gasteiger partial charge in [0, 0.05) is 17.3 Å². The summed E-state index contributed by atoms with van der Waals surface area (Å²) >= 11 is 0. The molecular weight excluding hydrogens is 348 g/mol.